The number of aliphatic hydroxyl groups excluding tert-OH is 1. The van der Waals surface area contributed by atoms with Gasteiger partial charge in [0.2, 0.25) is 0 Å². The molecule has 0 saturated heterocycles. The van der Waals surface area contributed by atoms with Crippen molar-refractivity contribution in [3.05, 3.63) is 89.7 Å². The molecule has 0 radical (unpaired) electrons. The number of hydrogen-bond acceptors (Lipinski definition) is 3. The molecule has 4 rings (SSSR count). The largest absolute Gasteiger partial charge is 0.508 e. The second kappa shape index (κ2) is 7.51. The number of aliphatic hydroxyl groups is 1. The Kier molecular flexibility index (Phi) is 4.89. The molecular weight excluding hydrogens is 360 g/mol. The molecule has 0 amide bonds. The minimum absolute atomic E-state index is 0.143. The molecule has 0 atom stereocenters. The maximum absolute atomic E-state index is 10.1. The summed E-state index contributed by atoms with van der Waals surface area (Å²) in [4.78, 5) is 0. The summed E-state index contributed by atoms with van der Waals surface area (Å²) in [5.74, 6) is 1.81. The summed E-state index contributed by atoms with van der Waals surface area (Å²) in [5.41, 5.74) is 7.01. The van der Waals surface area contributed by atoms with Crippen LogP contribution in [0.25, 0.3) is 27.5 Å². The first kappa shape index (κ1) is 18.9. The van der Waals surface area contributed by atoms with Gasteiger partial charge in [0.05, 0.1) is 14.2 Å². The van der Waals surface area contributed by atoms with Gasteiger partial charge in [-0.15, -0.1) is 0 Å². The molecule has 0 spiro atoms. The van der Waals surface area contributed by atoms with Gasteiger partial charge in [-0.3, -0.25) is 0 Å². The van der Waals surface area contributed by atoms with Crippen LogP contribution in [-0.4, -0.2) is 19.3 Å². The highest BCUT2D eigenvalue weighted by Gasteiger charge is 2.25. The van der Waals surface area contributed by atoms with E-state index in [2.05, 4.69) is 36.9 Å². The molecule has 0 bridgehead atoms. The van der Waals surface area contributed by atoms with Gasteiger partial charge in [-0.2, -0.15) is 0 Å². The van der Waals surface area contributed by atoms with Crippen LogP contribution in [0.1, 0.15) is 23.6 Å². The lowest BCUT2D eigenvalue weighted by Gasteiger charge is -2.16. The van der Waals surface area contributed by atoms with Crippen molar-refractivity contribution >= 4 is 16.3 Å². The van der Waals surface area contributed by atoms with E-state index in [-0.39, 0.29) is 5.76 Å². The van der Waals surface area contributed by atoms with Crippen LogP contribution < -0.4 is 9.47 Å². The smallest absolute Gasteiger partial charge is 0.119 e. The fourth-order valence-corrected chi connectivity index (χ4v) is 4.11. The van der Waals surface area contributed by atoms with Crippen LogP contribution in [-0.2, 0) is 6.42 Å². The SMILES string of the molecule is C=C/C(O)=C\C(=C/C)c1c2c(cc3ccc(OC)cc13)-c1ccc(OC)cc1C2. The first-order valence-electron chi connectivity index (χ1n) is 9.60. The first-order chi connectivity index (χ1) is 14.1. The zero-order chi connectivity index (χ0) is 20.5. The third kappa shape index (κ3) is 3.19. The fourth-order valence-electron chi connectivity index (χ4n) is 4.11. The van der Waals surface area contributed by atoms with Crippen molar-refractivity contribution in [2.75, 3.05) is 14.2 Å². The third-order valence-corrected chi connectivity index (χ3v) is 5.54. The van der Waals surface area contributed by atoms with Crippen molar-refractivity contribution in [3.63, 3.8) is 0 Å². The van der Waals surface area contributed by atoms with E-state index in [4.69, 9.17) is 9.47 Å². The highest BCUT2D eigenvalue weighted by Crippen LogP contribution is 2.45. The molecule has 3 heteroatoms. The molecule has 146 valence electrons. The predicted molar refractivity (Wildman–Crippen MR) is 120 cm³/mol. The molecule has 3 aromatic carbocycles. The summed E-state index contributed by atoms with van der Waals surface area (Å²) in [5, 5.41) is 12.4. The van der Waals surface area contributed by atoms with Crippen LogP contribution in [0.3, 0.4) is 0 Å². The lowest BCUT2D eigenvalue weighted by atomic mass is 9.89. The van der Waals surface area contributed by atoms with Gasteiger partial charge >= 0.3 is 0 Å². The Morgan fingerprint density at radius 3 is 2.41 bits per heavy atom. The van der Waals surface area contributed by atoms with E-state index < -0.39 is 0 Å². The molecule has 3 aromatic rings. The van der Waals surface area contributed by atoms with Crippen LogP contribution >= 0.6 is 0 Å². The van der Waals surface area contributed by atoms with E-state index >= 15 is 0 Å². The Morgan fingerprint density at radius 1 is 1.00 bits per heavy atom. The Labute approximate surface area is 171 Å². The number of allylic oxidation sites excluding steroid dienone is 4. The number of methoxy groups -OCH3 is 2. The molecule has 3 nitrogen and oxygen atoms in total. The zero-order valence-electron chi connectivity index (χ0n) is 17.0. The van der Waals surface area contributed by atoms with Gasteiger partial charge < -0.3 is 14.6 Å². The average Bonchev–Trinajstić information content (AvgIpc) is 3.12. The second-order valence-electron chi connectivity index (χ2n) is 7.08. The Morgan fingerprint density at radius 2 is 1.72 bits per heavy atom. The van der Waals surface area contributed by atoms with Crippen LogP contribution in [0.4, 0.5) is 0 Å². The summed E-state index contributed by atoms with van der Waals surface area (Å²) >= 11 is 0. The highest BCUT2D eigenvalue weighted by molar-refractivity contribution is 6.03. The van der Waals surface area contributed by atoms with Crippen LogP contribution in [0.2, 0.25) is 0 Å². The van der Waals surface area contributed by atoms with Gasteiger partial charge in [0, 0.05) is 0 Å². The Balaban J connectivity index is 2.05. The standard InChI is InChI=1S/C26H24O3/c1-5-16(11-19(27)6-2)26-23-15-21(29-4)8-7-17(23)13-24-22-10-9-20(28-3)12-18(22)14-25(24)26/h5-13,15,27H,2,14H2,1,3-4H3/b16-5+,19-11+. The third-order valence-electron chi connectivity index (χ3n) is 5.54. The van der Waals surface area contributed by atoms with Crippen LogP contribution in [0.15, 0.2) is 73.0 Å². The van der Waals surface area contributed by atoms with Crippen molar-refractivity contribution in [2.45, 2.75) is 13.3 Å². The van der Waals surface area contributed by atoms with Crippen molar-refractivity contribution in [3.8, 4) is 22.6 Å². The van der Waals surface area contributed by atoms with Gasteiger partial charge in [0.1, 0.15) is 17.3 Å². The van der Waals surface area contributed by atoms with E-state index in [1.807, 2.05) is 25.1 Å². The molecule has 1 aliphatic rings. The monoisotopic (exact) mass is 384 g/mol. The minimum atomic E-state index is 0.143. The van der Waals surface area contributed by atoms with Crippen LogP contribution in [0, 0.1) is 0 Å². The normalized spacial score (nSPS) is 13.2. The van der Waals surface area contributed by atoms with Crippen LogP contribution in [0.5, 0.6) is 11.5 Å². The Hall–Kier alpha value is -3.46. The molecule has 0 unspecified atom stereocenters. The lowest BCUT2D eigenvalue weighted by molar-refractivity contribution is 0.414. The van der Waals surface area contributed by atoms with Gasteiger partial charge in [0.15, 0.2) is 0 Å². The second-order valence-corrected chi connectivity index (χ2v) is 7.08. The van der Waals surface area contributed by atoms with E-state index in [1.165, 1.54) is 28.3 Å². The van der Waals surface area contributed by atoms with Gasteiger partial charge in [-0.05, 0) is 100.0 Å². The van der Waals surface area contributed by atoms with Crippen molar-refractivity contribution in [1.82, 2.24) is 0 Å². The molecule has 1 aliphatic carbocycles. The topological polar surface area (TPSA) is 38.7 Å². The molecule has 0 saturated carbocycles. The molecule has 0 aromatic heterocycles. The number of ether oxygens (including phenoxy) is 2. The summed E-state index contributed by atoms with van der Waals surface area (Å²) in [7, 11) is 3.37. The van der Waals surface area contributed by atoms with Crippen molar-refractivity contribution in [2.24, 2.45) is 0 Å². The van der Waals surface area contributed by atoms with Gasteiger partial charge in [0.25, 0.3) is 0 Å². The van der Waals surface area contributed by atoms with E-state index in [1.54, 1.807) is 20.3 Å². The Bertz CT molecular complexity index is 1180. The van der Waals surface area contributed by atoms with Gasteiger partial charge in [-0.25, -0.2) is 0 Å². The maximum Gasteiger partial charge on any atom is 0.119 e. The maximum atomic E-state index is 10.1. The average molecular weight is 384 g/mol. The summed E-state index contributed by atoms with van der Waals surface area (Å²) in [6.45, 7) is 5.66. The van der Waals surface area contributed by atoms with E-state index in [0.717, 1.165) is 39.8 Å². The first-order valence-corrected chi connectivity index (χ1v) is 9.60. The van der Waals surface area contributed by atoms with Crippen molar-refractivity contribution < 1.29 is 14.6 Å². The molecular formula is C26H24O3. The number of hydrogen-bond donors (Lipinski definition) is 1. The highest BCUT2D eigenvalue weighted by atomic mass is 16.5. The van der Waals surface area contributed by atoms with E-state index in [9.17, 15) is 5.11 Å². The molecule has 29 heavy (non-hydrogen) atoms. The van der Waals surface area contributed by atoms with E-state index in [0.29, 0.717) is 0 Å². The molecule has 0 heterocycles. The number of fused-ring (bicyclic) bond motifs is 4. The summed E-state index contributed by atoms with van der Waals surface area (Å²) in [6.07, 6.45) is 6.06. The zero-order valence-corrected chi connectivity index (χ0v) is 17.0. The predicted octanol–water partition coefficient (Wildman–Crippen LogP) is 6.46. The van der Waals surface area contributed by atoms with Gasteiger partial charge in [-0.1, -0.05) is 24.8 Å². The fraction of sp³-hybridized carbons (Fsp3) is 0.154. The number of rotatable bonds is 5. The molecule has 0 aliphatic heterocycles. The van der Waals surface area contributed by atoms with Crippen molar-refractivity contribution in [1.29, 1.82) is 0 Å². The quantitative estimate of drug-likeness (QED) is 0.317. The minimum Gasteiger partial charge on any atom is -0.508 e. The summed E-state index contributed by atoms with van der Waals surface area (Å²) in [6, 6.07) is 14.6. The lowest BCUT2D eigenvalue weighted by Crippen LogP contribution is -1.95. The number of benzene rings is 3. The molecule has 1 N–H and O–H groups in total. The summed E-state index contributed by atoms with van der Waals surface area (Å²) < 4.78 is 10.9. The molecule has 0 fully saturated rings.